The van der Waals surface area contributed by atoms with Gasteiger partial charge in [0.25, 0.3) is 0 Å². The molecule has 2 aromatic carbocycles. The molecule has 0 atom stereocenters. The summed E-state index contributed by atoms with van der Waals surface area (Å²) in [5.74, 6) is 0.0897. The fourth-order valence-corrected chi connectivity index (χ4v) is 3.85. The van der Waals surface area contributed by atoms with Crippen LogP contribution in [0.25, 0.3) is 17.2 Å². The van der Waals surface area contributed by atoms with Gasteiger partial charge in [0.15, 0.2) is 10.7 Å². The van der Waals surface area contributed by atoms with Gasteiger partial charge in [-0.1, -0.05) is 24.3 Å². The molecule has 0 unspecified atom stereocenters. The van der Waals surface area contributed by atoms with Crippen LogP contribution in [0.15, 0.2) is 64.4 Å². The number of ether oxygens (including phenoxy) is 2. The van der Waals surface area contributed by atoms with Crippen molar-refractivity contribution in [2.75, 3.05) is 12.0 Å². The second kappa shape index (κ2) is 9.44. The van der Waals surface area contributed by atoms with Gasteiger partial charge >= 0.3 is 5.97 Å². The van der Waals surface area contributed by atoms with E-state index < -0.39 is 5.97 Å². The number of esters is 1. The normalized spacial score (nSPS) is 11.1. The second-order valence-corrected chi connectivity index (χ2v) is 7.45. The smallest absolute Gasteiger partial charge is 0.331 e. The Morgan fingerprint density at radius 1 is 1.12 bits per heavy atom. The minimum Gasteiger partial charge on any atom is -0.495 e. The van der Waals surface area contributed by atoms with E-state index in [4.69, 9.17) is 13.9 Å². The van der Waals surface area contributed by atoms with Crippen molar-refractivity contribution in [3.63, 3.8) is 0 Å². The van der Waals surface area contributed by atoms with Gasteiger partial charge in [0.2, 0.25) is 11.8 Å². The Kier molecular flexibility index (Phi) is 6.27. The molecule has 162 valence electrons. The summed E-state index contributed by atoms with van der Waals surface area (Å²) in [6, 6.07) is 14.5. The molecule has 0 aliphatic rings. The number of rotatable bonds is 7. The molecule has 32 heavy (non-hydrogen) atoms. The van der Waals surface area contributed by atoms with Gasteiger partial charge in [-0.2, -0.15) is 0 Å². The van der Waals surface area contributed by atoms with Crippen LogP contribution >= 0.6 is 11.3 Å². The van der Waals surface area contributed by atoms with Gasteiger partial charge in [-0.15, -0.1) is 11.3 Å². The highest BCUT2D eigenvalue weighted by atomic mass is 32.1. The number of carbonyl (C=O) groups excluding carboxylic acids is 2. The average Bonchev–Trinajstić information content (AvgIpc) is 3.43. The SMILES string of the molecule is COc1ccccc1N(C(C)=O)c1nc(COC(=O)/C=C/c2nc3ccccc3o2)cs1. The molecule has 8 nitrogen and oxygen atoms in total. The highest BCUT2D eigenvalue weighted by Crippen LogP contribution is 2.35. The van der Waals surface area contributed by atoms with Gasteiger partial charge in [-0.3, -0.25) is 9.69 Å². The Bertz CT molecular complexity index is 1260. The summed E-state index contributed by atoms with van der Waals surface area (Å²) < 4.78 is 16.1. The molecule has 4 aromatic rings. The highest BCUT2D eigenvalue weighted by molar-refractivity contribution is 7.14. The zero-order valence-corrected chi connectivity index (χ0v) is 18.2. The number of anilines is 2. The Labute approximate surface area is 187 Å². The molecule has 0 fully saturated rings. The first-order chi connectivity index (χ1) is 15.5. The van der Waals surface area contributed by atoms with Gasteiger partial charge in [0, 0.05) is 24.5 Å². The Balaban J connectivity index is 1.42. The fourth-order valence-electron chi connectivity index (χ4n) is 2.98. The summed E-state index contributed by atoms with van der Waals surface area (Å²) in [7, 11) is 1.54. The third-order valence-electron chi connectivity index (χ3n) is 4.41. The first-order valence-electron chi connectivity index (χ1n) is 9.63. The molecule has 4 rings (SSSR count). The van der Waals surface area contributed by atoms with Crippen molar-refractivity contribution in [2.24, 2.45) is 0 Å². The lowest BCUT2D eigenvalue weighted by molar-refractivity contribution is -0.139. The van der Waals surface area contributed by atoms with E-state index in [1.165, 1.54) is 42.4 Å². The van der Waals surface area contributed by atoms with E-state index >= 15 is 0 Å². The lowest BCUT2D eigenvalue weighted by atomic mass is 10.2. The van der Waals surface area contributed by atoms with E-state index in [1.54, 1.807) is 23.6 Å². The molecule has 0 aliphatic carbocycles. The van der Waals surface area contributed by atoms with E-state index in [0.29, 0.717) is 39.3 Å². The maximum atomic E-state index is 12.3. The number of benzene rings is 2. The number of para-hydroxylation sites is 4. The Hall–Kier alpha value is -3.98. The zero-order valence-electron chi connectivity index (χ0n) is 17.3. The summed E-state index contributed by atoms with van der Waals surface area (Å²) in [5.41, 5.74) is 2.46. The molecule has 0 saturated carbocycles. The molecule has 2 aromatic heterocycles. The van der Waals surface area contributed by atoms with Crippen molar-refractivity contribution in [3.05, 3.63) is 71.6 Å². The first kappa shape index (κ1) is 21.3. The lowest BCUT2D eigenvalue weighted by Crippen LogP contribution is -2.23. The maximum Gasteiger partial charge on any atom is 0.331 e. The van der Waals surface area contributed by atoms with Crippen molar-refractivity contribution < 1.29 is 23.5 Å². The third kappa shape index (κ3) is 4.68. The minimum absolute atomic E-state index is 0.0368. The van der Waals surface area contributed by atoms with Crippen LogP contribution in [0.3, 0.4) is 0 Å². The number of oxazole rings is 1. The predicted molar refractivity (Wildman–Crippen MR) is 121 cm³/mol. The molecule has 1 amide bonds. The lowest BCUT2D eigenvalue weighted by Gasteiger charge is -2.20. The quantitative estimate of drug-likeness (QED) is 0.297. The zero-order chi connectivity index (χ0) is 22.5. The minimum atomic E-state index is -0.560. The largest absolute Gasteiger partial charge is 0.495 e. The molecule has 0 saturated heterocycles. The second-order valence-electron chi connectivity index (χ2n) is 6.61. The summed E-state index contributed by atoms with van der Waals surface area (Å²) in [4.78, 5) is 34.5. The molecule has 9 heteroatoms. The standard InChI is InChI=1S/C23H19N3O5S/c1-15(27)26(18-8-4-6-10-20(18)29-2)23-24-16(14-32-23)13-30-22(28)12-11-21-25-17-7-3-5-9-19(17)31-21/h3-12,14H,13H2,1-2H3/b12-11+. The van der Waals surface area contributed by atoms with E-state index in [-0.39, 0.29) is 12.5 Å². The van der Waals surface area contributed by atoms with E-state index in [2.05, 4.69) is 9.97 Å². The van der Waals surface area contributed by atoms with Crippen molar-refractivity contribution in [2.45, 2.75) is 13.5 Å². The molecule has 0 N–H and O–H groups in total. The number of nitrogens with zero attached hydrogens (tertiary/aromatic N) is 3. The molecular formula is C23H19N3O5S. The van der Waals surface area contributed by atoms with Crippen LogP contribution in [0, 0.1) is 0 Å². The fraction of sp³-hybridized carbons (Fsp3) is 0.130. The number of thiazole rings is 1. The van der Waals surface area contributed by atoms with E-state index in [1.807, 2.05) is 30.3 Å². The van der Waals surface area contributed by atoms with Crippen LogP contribution in [0.1, 0.15) is 18.5 Å². The predicted octanol–water partition coefficient (Wildman–Crippen LogP) is 4.73. The van der Waals surface area contributed by atoms with Gasteiger partial charge in [-0.05, 0) is 24.3 Å². The van der Waals surface area contributed by atoms with Crippen LogP contribution in [-0.2, 0) is 20.9 Å². The van der Waals surface area contributed by atoms with Crippen molar-refractivity contribution in [1.29, 1.82) is 0 Å². The van der Waals surface area contributed by atoms with Crippen molar-refractivity contribution in [1.82, 2.24) is 9.97 Å². The van der Waals surface area contributed by atoms with Crippen LogP contribution < -0.4 is 9.64 Å². The Morgan fingerprint density at radius 2 is 1.91 bits per heavy atom. The molecule has 0 spiro atoms. The number of aromatic nitrogens is 2. The summed E-state index contributed by atoms with van der Waals surface area (Å²) >= 11 is 1.27. The van der Waals surface area contributed by atoms with E-state index in [0.717, 1.165) is 0 Å². The number of amides is 1. The highest BCUT2D eigenvalue weighted by Gasteiger charge is 2.21. The van der Waals surface area contributed by atoms with Crippen molar-refractivity contribution >= 4 is 51.2 Å². The molecule has 2 heterocycles. The van der Waals surface area contributed by atoms with Gasteiger partial charge in [-0.25, -0.2) is 14.8 Å². The van der Waals surface area contributed by atoms with Crippen LogP contribution in [0.5, 0.6) is 5.75 Å². The maximum absolute atomic E-state index is 12.3. The molecule has 0 radical (unpaired) electrons. The number of hydrogen-bond donors (Lipinski definition) is 0. The number of fused-ring (bicyclic) bond motifs is 1. The van der Waals surface area contributed by atoms with E-state index in [9.17, 15) is 9.59 Å². The van der Waals surface area contributed by atoms with Gasteiger partial charge in [0.05, 0.1) is 18.5 Å². The molecule has 0 bridgehead atoms. The summed E-state index contributed by atoms with van der Waals surface area (Å²) in [5, 5.41) is 2.19. The van der Waals surface area contributed by atoms with Crippen LogP contribution in [-0.4, -0.2) is 29.0 Å². The van der Waals surface area contributed by atoms with Gasteiger partial charge < -0.3 is 13.9 Å². The number of carbonyl (C=O) groups is 2. The van der Waals surface area contributed by atoms with Crippen LogP contribution in [0.2, 0.25) is 0 Å². The topological polar surface area (TPSA) is 94.8 Å². The number of hydrogen-bond acceptors (Lipinski definition) is 8. The van der Waals surface area contributed by atoms with Crippen LogP contribution in [0.4, 0.5) is 10.8 Å². The number of methoxy groups -OCH3 is 1. The van der Waals surface area contributed by atoms with Gasteiger partial charge in [0.1, 0.15) is 17.9 Å². The Morgan fingerprint density at radius 3 is 2.69 bits per heavy atom. The summed E-state index contributed by atoms with van der Waals surface area (Å²) in [6.45, 7) is 1.41. The summed E-state index contributed by atoms with van der Waals surface area (Å²) in [6.07, 6.45) is 2.70. The first-order valence-corrected chi connectivity index (χ1v) is 10.5. The third-order valence-corrected chi connectivity index (χ3v) is 5.28. The average molecular weight is 449 g/mol. The monoisotopic (exact) mass is 449 g/mol. The molecule has 0 aliphatic heterocycles. The van der Waals surface area contributed by atoms with Crippen molar-refractivity contribution in [3.8, 4) is 5.75 Å². The molecular weight excluding hydrogens is 430 g/mol.